The molecule has 0 bridgehead atoms. The normalized spacial score (nSPS) is 13.2. The van der Waals surface area contributed by atoms with Gasteiger partial charge in [-0.3, -0.25) is 0 Å². The number of fused-ring (bicyclic) bond motifs is 1. The molecule has 55 valence electrons. The topological polar surface area (TPSA) is 18.5 Å². The lowest BCUT2D eigenvalue weighted by Crippen LogP contribution is -1.97. The second kappa shape index (κ2) is 2.31. The highest BCUT2D eigenvalue weighted by atomic mass is 16.5. The summed E-state index contributed by atoms with van der Waals surface area (Å²) in [6.45, 7) is 1.97. The Morgan fingerprint density at radius 3 is 3.09 bits per heavy atom. The summed E-state index contributed by atoms with van der Waals surface area (Å²) < 4.78 is 10.3. The van der Waals surface area contributed by atoms with Crippen molar-refractivity contribution >= 4 is 0 Å². The minimum absolute atomic E-state index is 0.729. The molecule has 2 nitrogen and oxygen atoms in total. The Morgan fingerprint density at radius 2 is 2.27 bits per heavy atom. The van der Waals surface area contributed by atoms with Crippen molar-refractivity contribution in [1.82, 2.24) is 0 Å². The van der Waals surface area contributed by atoms with Crippen LogP contribution in [0.5, 0.6) is 11.5 Å². The van der Waals surface area contributed by atoms with Crippen LogP contribution in [0.1, 0.15) is 5.56 Å². The molecule has 0 spiro atoms. The third kappa shape index (κ3) is 0.963. The van der Waals surface area contributed by atoms with Crippen molar-refractivity contribution in [2.75, 3.05) is 0 Å². The van der Waals surface area contributed by atoms with Crippen molar-refractivity contribution in [2.45, 2.75) is 6.92 Å². The van der Waals surface area contributed by atoms with E-state index in [1.165, 1.54) is 6.26 Å². The highest BCUT2D eigenvalue weighted by Gasteiger charge is 2.09. The van der Waals surface area contributed by atoms with Gasteiger partial charge >= 0.3 is 0 Å². The summed E-state index contributed by atoms with van der Waals surface area (Å²) in [7, 11) is 0. The van der Waals surface area contributed by atoms with E-state index < -0.39 is 0 Å². The average Bonchev–Trinajstić information content (AvgIpc) is 2.06. The van der Waals surface area contributed by atoms with Gasteiger partial charge in [0.25, 0.3) is 0 Å². The van der Waals surface area contributed by atoms with Crippen molar-refractivity contribution < 1.29 is 9.47 Å². The van der Waals surface area contributed by atoms with Crippen LogP contribution in [0, 0.1) is 13.2 Å². The van der Waals surface area contributed by atoms with Crippen LogP contribution in [0.3, 0.4) is 0 Å². The summed E-state index contributed by atoms with van der Waals surface area (Å²) in [5, 5.41) is 0. The van der Waals surface area contributed by atoms with Crippen molar-refractivity contribution in [3.05, 3.63) is 36.3 Å². The number of ether oxygens (including phenoxy) is 2. The zero-order valence-corrected chi connectivity index (χ0v) is 6.13. The standard InChI is InChI=1S/C9H7O2/c1-7-3-2-4-8-9(7)11-6-5-10-8/h2-4,6H,1H3. The first-order valence-electron chi connectivity index (χ1n) is 3.38. The smallest absolute Gasteiger partial charge is 0.208 e. The lowest BCUT2D eigenvalue weighted by atomic mass is 10.2. The van der Waals surface area contributed by atoms with E-state index in [1.54, 1.807) is 0 Å². The lowest BCUT2D eigenvalue weighted by molar-refractivity contribution is 0.341. The maximum atomic E-state index is 5.19. The van der Waals surface area contributed by atoms with Gasteiger partial charge in [-0.1, -0.05) is 12.1 Å². The Kier molecular flexibility index (Phi) is 1.32. The maximum Gasteiger partial charge on any atom is 0.208 e. The van der Waals surface area contributed by atoms with Gasteiger partial charge in [0.2, 0.25) is 6.26 Å². The number of benzene rings is 1. The van der Waals surface area contributed by atoms with Crippen molar-refractivity contribution in [3.8, 4) is 11.5 Å². The fourth-order valence-electron chi connectivity index (χ4n) is 1.03. The molecule has 0 N–H and O–H groups in total. The van der Waals surface area contributed by atoms with E-state index in [4.69, 9.17) is 9.47 Å². The largest absolute Gasteiger partial charge is 0.457 e. The van der Waals surface area contributed by atoms with Crippen molar-refractivity contribution in [1.29, 1.82) is 0 Å². The van der Waals surface area contributed by atoms with Gasteiger partial charge in [0, 0.05) is 0 Å². The zero-order chi connectivity index (χ0) is 7.68. The van der Waals surface area contributed by atoms with E-state index in [9.17, 15) is 0 Å². The molecule has 0 fully saturated rings. The quantitative estimate of drug-likeness (QED) is 0.559. The molecule has 0 saturated heterocycles. The molecular weight excluding hydrogens is 140 g/mol. The maximum absolute atomic E-state index is 5.19. The summed E-state index contributed by atoms with van der Waals surface area (Å²) in [6, 6.07) is 5.74. The number of para-hydroxylation sites is 1. The summed E-state index contributed by atoms with van der Waals surface area (Å²) in [5.74, 6) is 1.51. The van der Waals surface area contributed by atoms with Crippen LogP contribution in [0.25, 0.3) is 0 Å². The molecule has 1 aromatic carbocycles. The lowest BCUT2D eigenvalue weighted by Gasteiger charge is -2.12. The second-order valence-electron chi connectivity index (χ2n) is 2.36. The van der Waals surface area contributed by atoms with Crippen molar-refractivity contribution in [2.24, 2.45) is 0 Å². The number of hydrogen-bond donors (Lipinski definition) is 0. The minimum Gasteiger partial charge on any atom is -0.457 e. The van der Waals surface area contributed by atoms with Crippen LogP contribution in [0.2, 0.25) is 0 Å². The van der Waals surface area contributed by atoms with Gasteiger partial charge in [-0.2, -0.15) is 0 Å². The summed E-state index contributed by atoms with van der Waals surface area (Å²) in [5.41, 5.74) is 1.07. The molecule has 2 rings (SSSR count). The summed E-state index contributed by atoms with van der Waals surface area (Å²) in [6.07, 6.45) is 3.93. The Morgan fingerprint density at radius 1 is 1.36 bits per heavy atom. The van der Waals surface area contributed by atoms with Crippen LogP contribution in [0.15, 0.2) is 24.5 Å². The van der Waals surface area contributed by atoms with Gasteiger partial charge in [0.1, 0.15) is 6.26 Å². The predicted molar refractivity (Wildman–Crippen MR) is 40.2 cm³/mol. The van der Waals surface area contributed by atoms with Crippen molar-refractivity contribution in [3.63, 3.8) is 0 Å². The van der Waals surface area contributed by atoms with Crippen LogP contribution >= 0.6 is 0 Å². The Hall–Kier alpha value is -1.44. The third-order valence-corrected chi connectivity index (χ3v) is 1.57. The van der Waals surface area contributed by atoms with Gasteiger partial charge in [0.05, 0.1) is 0 Å². The minimum atomic E-state index is 0.729. The SMILES string of the molecule is Cc1cccc2c1OC=[C]O2. The van der Waals surface area contributed by atoms with Crippen LogP contribution in [-0.4, -0.2) is 0 Å². The molecule has 0 aromatic heterocycles. The molecule has 1 aliphatic rings. The highest BCUT2D eigenvalue weighted by molar-refractivity contribution is 5.47. The van der Waals surface area contributed by atoms with E-state index in [-0.39, 0.29) is 0 Å². The first kappa shape index (κ1) is 6.28. The molecule has 1 heterocycles. The molecule has 1 radical (unpaired) electrons. The molecule has 0 atom stereocenters. The average molecular weight is 147 g/mol. The monoisotopic (exact) mass is 147 g/mol. The number of hydrogen-bond acceptors (Lipinski definition) is 2. The fourth-order valence-corrected chi connectivity index (χ4v) is 1.03. The molecule has 0 unspecified atom stereocenters. The molecule has 0 aliphatic carbocycles. The van der Waals surface area contributed by atoms with E-state index in [1.807, 2.05) is 25.1 Å². The molecule has 0 amide bonds. The summed E-state index contributed by atoms with van der Waals surface area (Å²) in [4.78, 5) is 0. The highest BCUT2D eigenvalue weighted by Crippen LogP contribution is 2.32. The van der Waals surface area contributed by atoms with Crippen LogP contribution < -0.4 is 9.47 Å². The second-order valence-corrected chi connectivity index (χ2v) is 2.36. The Bertz CT molecular complexity index is 302. The number of aryl methyl sites for hydroxylation is 1. The predicted octanol–water partition coefficient (Wildman–Crippen LogP) is 2.04. The van der Waals surface area contributed by atoms with Gasteiger partial charge in [-0.05, 0) is 18.6 Å². The summed E-state index contributed by atoms with van der Waals surface area (Å²) >= 11 is 0. The van der Waals surface area contributed by atoms with Crippen LogP contribution in [-0.2, 0) is 0 Å². The van der Waals surface area contributed by atoms with E-state index in [0.29, 0.717) is 0 Å². The van der Waals surface area contributed by atoms with Gasteiger partial charge in [-0.25, -0.2) is 0 Å². The first-order valence-corrected chi connectivity index (χ1v) is 3.38. The molecule has 11 heavy (non-hydrogen) atoms. The molecule has 1 aliphatic heterocycles. The van der Waals surface area contributed by atoms with E-state index >= 15 is 0 Å². The molecular formula is C9H7O2. The van der Waals surface area contributed by atoms with E-state index in [0.717, 1.165) is 17.1 Å². The van der Waals surface area contributed by atoms with Gasteiger partial charge in [0.15, 0.2) is 11.5 Å². The molecule has 0 saturated carbocycles. The fraction of sp³-hybridized carbons (Fsp3) is 0.111. The third-order valence-electron chi connectivity index (χ3n) is 1.57. The molecule has 2 heteroatoms. The zero-order valence-electron chi connectivity index (χ0n) is 6.13. The molecule has 1 aromatic rings. The van der Waals surface area contributed by atoms with Crippen LogP contribution in [0.4, 0.5) is 0 Å². The van der Waals surface area contributed by atoms with Gasteiger partial charge in [-0.15, -0.1) is 0 Å². The first-order chi connectivity index (χ1) is 5.38. The van der Waals surface area contributed by atoms with Gasteiger partial charge < -0.3 is 9.47 Å². The Balaban J connectivity index is 2.54. The number of rotatable bonds is 0. The van der Waals surface area contributed by atoms with E-state index in [2.05, 4.69) is 6.26 Å². The Labute approximate surface area is 65.1 Å².